The zero-order valence-electron chi connectivity index (χ0n) is 13.1. The maximum Gasteiger partial charge on any atom is 0.0704 e. The first-order valence-electron chi connectivity index (χ1n) is 7.94. The van der Waals surface area contributed by atoms with Crippen molar-refractivity contribution in [3.05, 3.63) is 0 Å². The highest BCUT2D eigenvalue weighted by Crippen LogP contribution is 2.14. The first kappa shape index (κ1) is 16.2. The molecule has 2 atom stereocenters. The molecule has 0 aromatic rings. The lowest BCUT2D eigenvalue weighted by molar-refractivity contribution is -0.0303. The lowest BCUT2D eigenvalue weighted by Crippen LogP contribution is -2.49. The molecule has 0 unspecified atom stereocenters. The van der Waals surface area contributed by atoms with E-state index in [1.807, 2.05) is 0 Å². The van der Waals surface area contributed by atoms with Crippen molar-refractivity contribution in [3.63, 3.8) is 0 Å². The van der Waals surface area contributed by atoms with Crippen LogP contribution < -0.4 is 0 Å². The molecule has 0 aromatic heterocycles. The minimum Gasteiger partial charge on any atom is -0.382 e. The molecule has 5 nitrogen and oxygen atoms in total. The smallest absolute Gasteiger partial charge is 0.0704 e. The van der Waals surface area contributed by atoms with E-state index in [0.717, 1.165) is 46.0 Å². The van der Waals surface area contributed by atoms with E-state index in [4.69, 9.17) is 14.2 Å². The molecule has 2 aliphatic heterocycles. The van der Waals surface area contributed by atoms with Crippen LogP contribution >= 0.6 is 0 Å². The van der Waals surface area contributed by atoms with Gasteiger partial charge in [0.2, 0.25) is 0 Å². The van der Waals surface area contributed by atoms with Crippen LogP contribution in [0.3, 0.4) is 0 Å². The van der Waals surface area contributed by atoms with Crippen molar-refractivity contribution >= 4 is 0 Å². The van der Waals surface area contributed by atoms with Gasteiger partial charge in [-0.1, -0.05) is 0 Å². The summed E-state index contributed by atoms with van der Waals surface area (Å²) in [7, 11) is 1.72. The number of nitrogens with zero attached hydrogens (tertiary/aromatic N) is 2. The molecule has 20 heavy (non-hydrogen) atoms. The molecule has 2 aliphatic rings. The molecule has 2 heterocycles. The lowest BCUT2D eigenvalue weighted by atomic mass is 10.1. The lowest BCUT2D eigenvalue weighted by Gasteiger charge is -2.37. The topological polar surface area (TPSA) is 34.2 Å². The molecule has 0 amide bonds. The van der Waals surface area contributed by atoms with Crippen molar-refractivity contribution in [3.8, 4) is 0 Å². The van der Waals surface area contributed by atoms with Crippen LogP contribution in [0, 0.1) is 0 Å². The van der Waals surface area contributed by atoms with Gasteiger partial charge >= 0.3 is 0 Å². The number of morpholine rings is 1. The van der Waals surface area contributed by atoms with Gasteiger partial charge in [-0.15, -0.1) is 0 Å². The summed E-state index contributed by atoms with van der Waals surface area (Å²) in [5.74, 6) is 0. The fourth-order valence-electron chi connectivity index (χ4n) is 3.01. The summed E-state index contributed by atoms with van der Waals surface area (Å²) in [6, 6.07) is 0.558. The van der Waals surface area contributed by atoms with Crippen molar-refractivity contribution in [2.45, 2.75) is 31.9 Å². The third-order valence-corrected chi connectivity index (χ3v) is 4.31. The van der Waals surface area contributed by atoms with Gasteiger partial charge in [-0.3, -0.25) is 9.80 Å². The summed E-state index contributed by atoms with van der Waals surface area (Å²) in [5.41, 5.74) is 0. The average Bonchev–Trinajstić information content (AvgIpc) is 2.47. The van der Waals surface area contributed by atoms with Crippen molar-refractivity contribution < 1.29 is 14.2 Å². The average molecular weight is 286 g/mol. The van der Waals surface area contributed by atoms with Gasteiger partial charge in [0, 0.05) is 39.3 Å². The summed E-state index contributed by atoms with van der Waals surface area (Å²) in [4.78, 5) is 5.09. The second-order valence-corrected chi connectivity index (χ2v) is 5.89. The van der Waals surface area contributed by atoms with Crippen LogP contribution in [-0.2, 0) is 14.2 Å². The van der Waals surface area contributed by atoms with Crippen molar-refractivity contribution in [1.29, 1.82) is 0 Å². The van der Waals surface area contributed by atoms with E-state index in [-0.39, 0.29) is 0 Å². The Bertz CT molecular complexity index is 266. The summed E-state index contributed by atoms with van der Waals surface area (Å²) in [6.07, 6.45) is 2.82. The zero-order chi connectivity index (χ0) is 14.2. The number of methoxy groups -OCH3 is 1. The van der Waals surface area contributed by atoms with Gasteiger partial charge in [0.25, 0.3) is 0 Å². The Morgan fingerprint density at radius 2 is 2.10 bits per heavy atom. The van der Waals surface area contributed by atoms with Crippen molar-refractivity contribution in [2.75, 3.05) is 66.3 Å². The van der Waals surface area contributed by atoms with Crippen LogP contribution in [0.5, 0.6) is 0 Å². The van der Waals surface area contributed by atoms with Crippen molar-refractivity contribution in [1.82, 2.24) is 9.80 Å². The minimum absolute atomic E-state index is 0.390. The van der Waals surface area contributed by atoms with Crippen LogP contribution in [0.15, 0.2) is 0 Å². The molecular weight excluding hydrogens is 256 g/mol. The van der Waals surface area contributed by atoms with E-state index >= 15 is 0 Å². The standard InChI is InChI=1S/C15H30N2O3/c1-14-13-19-9-8-17(14)7-6-16-5-3-4-15(12-16)20-11-10-18-2/h14-15H,3-13H2,1-2H3/t14-,15+/m1/s1. The molecule has 5 heteroatoms. The Morgan fingerprint density at radius 3 is 2.90 bits per heavy atom. The molecule has 0 radical (unpaired) electrons. The molecule has 0 aromatic carbocycles. The van der Waals surface area contributed by atoms with Gasteiger partial charge in [0.1, 0.15) is 0 Å². The Hall–Kier alpha value is -0.200. The third-order valence-electron chi connectivity index (χ3n) is 4.31. The van der Waals surface area contributed by atoms with Gasteiger partial charge in [-0.2, -0.15) is 0 Å². The van der Waals surface area contributed by atoms with Crippen LogP contribution in [0.25, 0.3) is 0 Å². The molecular formula is C15H30N2O3. The fourth-order valence-corrected chi connectivity index (χ4v) is 3.01. The first-order valence-corrected chi connectivity index (χ1v) is 7.94. The number of ether oxygens (including phenoxy) is 3. The molecule has 0 spiro atoms. The molecule has 0 N–H and O–H groups in total. The van der Waals surface area contributed by atoms with E-state index in [2.05, 4.69) is 16.7 Å². The molecule has 0 bridgehead atoms. The molecule has 2 saturated heterocycles. The highest BCUT2D eigenvalue weighted by Gasteiger charge is 2.23. The number of likely N-dealkylation sites (tertiary alicyclic amines) is 1. The van der Waals surface area contributed by atoms with Gasteiger partial charge in [-0.05, 0) is 26.3 Å². The van der Waals surface area contributed by atoms with Crippen LogP contribution in [0.4, 0.5) is 0 Å². The molecule has 118 valence electrons. The molecule has 2 rings (SSSR count). The fraction of sp³-hybridized carbons (Fsp3) is 1.00. The highest BCUT2D eigenvalue weighted by atomic mass is 16.5. The summed E-state index contributed by atoms with van der Waals surface area (Å²) in [5, 5.41) is 0. The number of rotatable bonds is 7. The quantitative estimate of drug-likeness (QED) is 0.648. The van der Waals surface area contributed by atoms with Gasteiger partial charge in [-0.25, -0.2) is 0 Å². The predicted octanol–water partition coefficient (Wildman–Crippen LogP) is 0.835. The zero-order valence-corrected chi connectivity index (χ0v) is 13.1. The Balaban J connectivity index is 1.64. The monoisotopic (exact) mass is 286 g/mol. The maximum atomic E-state index is 5.87. The number of hydrogen-bond donors (Lipinski definition) is 0. The Kier molecular flexibility index (Phi) is 7.24. The summed E-state index contributed by atoms with van der Waals surface area (Å²) < 4.78 is 16.4. The minimum atomic E-state index is 0.390. The van der Waals surface area contributed by atoms with E-state index < -0.39 is 0 Å². The van der Waals surface area contributed by atoms with Gasteiger partial charge < -0.3 is 14.2 Å². The van der Waals surface area contributed by atoms with Crippen LogP contribution in [0.2, 0.25) is 0 Å². The highest BCUT2D eigenvalue weighted by molar-refractivity contribution is 4.77. The van der Waals surface area contributed by atoms with Crippen molar-refractivity contribution in [2.24, 2.45) is 0 Å². The number of hydrogen-bond acceptors (Lipinski definition) is 5. The molecule has 2 fully saturated rings. The predicted molar refractivity (Wildman–Crippen MR) is 79.1 cm³/mol. The summed E-state index contributed by atoms with van der Waals surface area (Å²) >= 11 is 0. The Labute approximate surface area is 123 Å². The van der Waals surface area contributed by atoms with E-state index in [1.165, 1.54) is 19.4 Å². The first-order chi connectivity index (χ1) is 9.79. The largest absolute Gasteiger partial charge is 0.382 e. The van der Waals surface area contributed by atoms with Gasteiger partial charge in [0.05, 0.1) is 32.5 Å². The Morgan fingerprint density at radius 1 is 1.20 bits per heavy atom. The SMILES string of the molecule is COCCO[C@H]1CCCN(CCN2CCOC[C@H]2C)C1. The van der Waals surface area contributed by atoms with E-state index in [9.17, 15) is 0 Å². The van der Waals surface area contributed by atoms with Gasteiger partial charge in [0.15, 0.2) is 0 Å². The molecule has 0 saturated carbocycles. The second kappa shape index (κ2) is 8.95. The number of piperidine rings is 1. The van der Waals surface area contributed by atoms with Crippen LogP contribution in [0.1, 0.15) is 19.8 Å². The third kappa shape index (κ3) is 5.30. The van der Waals surface area contributed by atoms with E-state index in [1.54, 1.807) is 7.11 Å². The maximum absolute atomic E-state index is 5.87. The normalized spacial score (nSPS) is 29.7. The molecule has 0 aliphatic carbocycles. The second-order valence-electron chi connectivity index (χ2n) is 5.89. The summed E-state index contributed by atoms with van der Waals surface area (Å²) in [6.45, 7) is 11.1. The van der Waals surface area contributed by atoms with E-state index in [0.29, 0.717) is 18.8 Å². The van der Waals surface area contributed by atoms with Crippen LogP contribution in [-0.4, -0.2) is 88.2 Å².